The Kier molecular flexibility index (Phi) is 7.01. The Hall–Kier alpha value is -2.32. The minimum absolute atomic E-state index is 0.640. The lowest BCUT2D eigenvalue weighted by Gasteiger charge is -2.03. The SMILES string of the molecule is O=C(N[B]NC(=O)N/C=C/O)N/C=C/O. The molecular formula is C6H10BN4O4. The van der Waals surface area contributed by atoms with E-state index in [1.54, 1.807) is 0 Å². The van der Waals surface area contributed by atoms with E-state index in [0.29, 0.717) is 12.5 Å². The lowest BCUT2D eigenvalue weighted by Crippen LogP contribution is -2.46. The van der Waals surface area contributed by atoms with Crippen molar-refractivity contribution in [2.45, 2.75) is 0 Å². The minimum atomic E-state index is -0.640. The molecule has 0 aromatic carbocycles. The Bertz CT molecular complexity index is 242. The molecule has 4 amide bonds. The van der Waals surface area contributed by atoms with Crippen LogP contribution in [0, 0.1) is 0 Å². The van der Waals surface area contributed by atoms with Crippen LogP contribution in [0.5, 0.6) is 0 Å². The molecule has 0 aliphatic rings. The molecule has 0 spiro atoms. The molecule has 0 atom stereocenters. The van der Waals surface area contributed by atoms with E-state index < -0.39 is 12.1 Å². The van der Waals surface area contributed by atoms with Gasteiger partial charge in [0, 0.05) is 12.4 Å². The van der Waals surface area contributed by atoms with Crippen LogP contribution in [0.25, 0.3) is 0 Å². The number of aliphatic hydroxyl groups excluding tert-OH is 2. The summed E-state index contributed by atoms with van der Waals surface area (Å²) >= 11 is 0. The highest BCUT2D eigenvalue weighted by Gasteiger charge is 2.01. The highest BCUT2D eigenvalue weighted by atomic mass is 16.2. The summed E-state index contributed by atoms with van der Waals surface area (Å²) in [6.45, 7) is 0. The summed E-state index contributed by atoms with van der Waals surface area (Å²) < 4.78 is 0. The molecular weight excluding hydrogens is 203 g/mol. The summed E-state index contributed by atoms with van der Waals surface area (Å²) in [6, 6.07) is -1.28. The number of urea groups is 2. The molecule has 0 fully saturated rings. The first kappa shape index (κ1) is 12.7. The Morgan fingerprint density at radius 3 is 1.67 bits per heavy atom. The van der Waals surface area contributed by atoms with Crippen LogP contribution in [-0.2, 0) is 0 Å². The van der Waals surface area contributed by atoms with Gasteiger partial charge in [-0.2, -0.15) is 0 Å². The van der Waals surface area contributed by atoms with Crippen LogP contribution in [0.2, 0.25) is 0 Å². The summed E-state index contributed by atoms with van der Waals surface area (Å²) in [4.78, 5) is 21.5. The summed E-state index contributed by atoms with van der Waals surface area (Å²) in [7, 11) is 0.973. The monoisotopic (exact) mass is 213 g/mol. The summed E-state index contributed by atoms with van der Waals surface area (Å²) in [5.41, 5.74) is 0. The van der Waals surface area contributed by atoms with Gasteiger partial charge in [0.1, 0.15) is 0 Å². The molecule has 0 unspecified atom stereocenters. The number of amides is 4. The Morgan fingerprint density at radius 2 is 1.33 bits per heavy atom. The average molecular weight is 213 g/mol. The maximum absolute atomic E-state index is 10.8. The van der Waals surface area contributed by atoms with Crippen molar-refractivity contribution in [1.82, 2.24) is 21.1 Å². The molecule has 15 heavy (non-hydrogen) atoms. The van der Waals surface area contributed by atoms with Crippen molar-refractivity contribution in [3.05, 3.63) is 24.9 Å². The van der Waals surface area contributed by atoms with Crippen molar-refractivity contribution in [3.63, 3.8) is 0 Å². The lowest BCUT2D eigenvalue weighted by molar-refractivity contribution is 0.247. The van der Waals surface area contributed by atoms with E-state index in [1.807, 2.05) is 0 Å². The fraction of sp³-hybridized carbons (Fsp3) is 0. The van der Waals surface area contributed by atoms with Crippen LogP contribution >= 0.6 is 0 Å². The quantitative estimate of drug-likeness (QED) is 0.269. The van der Waals surface area contributed by atoms with Crippen molar-refractivity contribution in [2.75, 3.05) is 0 Å². The predicted molar refractivity (Wildman–Crippen MR) is 52.6 cm³/mol. The van der Waals surface area contributed by atoms with Gasteiger partial charge < -0.3 is 31.3 Å². The maximum atomic E-state index is 10.8. The van der Waals surface area contributed by atoms with Crippen LogP contribution in [-0.4, -0.2) is 29.8 Å². The Balaban J connectivity index is 3.52. The standard InChI is InChI=1S/C6H10BN4O4/c12-3-1-8-5(14)10-7-11-6(15)9-2-4-13/h1-4,12-13H,(H2,8,10,14)(H2,9,11,15)/b3-1+,4-2+. The molecule has 6 N–H and O–H groups in total. The second-order valence-electron chi connectivity index (χ2n) is 2.01. The van der Waals surface area contributed by atoms with Gasteiger partial charge in [0.05, 0.1) is 12.5 Å². The highest BCUT2D eigenvalue weighted by molar-refractivity contribution is 6.38. The van der Waals surface area contributed by atoms with Crippen molar-refractivity contribution in [1.29, 1.82) is 0 Å². The minimum Gasteiger partial charge on any atom is -0.514 e. The van der Waals surface area contributed by atoms with Gasteiger partial charge in [-0.1, -0.05) is 0 Å². The van der Waals surface area contributed by atoms with Gasteiger partial charge in [-0.3, -0.25) is 0 Å². The Morgan fingerprint density at radius 1 is 0.933 bits per heavy atom. The van der Waals surface area contributed by atoms with Gasteiger partial charge >= 0.3 is 19.6 Å². The van der Waals surface area contributed by atoms with E-state index in [-0.39, 0.29) is 0 Å². The smallest absolute Gasteiger partial charge is 0.393 e. The molecule has 0 aromatic rings. The topological polar surface area (TPSA) is 123 Å². The van der Waals surface area contributed by atoms with Gasteiger partial charge in [0.15, 0.2) is 0 Å². The van der Waals surface area contributed by atoms with E-state index in [0.717, 1.165) is 19.9 Å². The van der Waals surface area contributed by atoms with Crippen LogP contribution in [0.3, 0.4) is 0 Å². The predicted octanol–water partition coefficient (Wildman–Crippen LogP) is -0.823. The number of carbonyl (C=O) groups is 2. The van der Waals surface area contributed by atoms with Crippen molar-refractivity contribution in [3.8, 4) is 0 Å². The molecule has 0 saturated carbocycles. The molecule has 0 rings (SSSR count). The number of aliphatic hydroxyl groups is 2. The van der Waals surface area contributed by atoms with E-state index in [2.05, 4.69) is 21.1 Å². The van der Waals surface area contributed by atoms with Crippen LogP contribution in [0.1, 0.15) is 0 Å². The first-order valence-corrected chi connectivity index (χ1v) is 3.75. The molecule has 8 nitrogen and oxygen atoms in total. The van der Waals surface area contributed by atoms with Crippen LogP contribution in [0.15, 0.2) is 24.9 Å². The maximum Gasteiger partial charge on any atom is 0.393 e. The first-order valence-electron chi connectivity index (χ1n) is 3.75. The zero-order valence-corrected chi connectivity index (χ0v) is 7.60. The highest BCUT2D eigenvalue weighted by Crippen LogP contribution is 1.65. The van der Waals surface area contributed by atoms with Gasteiger partial charge in [-0.15, -0.1) is 0 Å². The summed E-state index contributed by atoms with van der Waals surface area (Å²) in [5.74, 6) is 0. The fourth-order valence-electron chi connectivity index (χ4n) is 0.476. The molecule has 9 heteroatoms. The molecule has 0 bridgehead atoms. The molecule has 0 saturated heterocycles. The molecule has 0 aliphatic carbocycles. The Labute approximate surface area is 86.3 Å². The third-order valence-corrected chi connectivity index (χ3v) is 0.984. The van der Waals surface area contributed by atoms with Crippen LogP contribution in [0.4, 0.5) is 9.59 Å². The summed E-state index contributed by atoms with van der Waals surface area (Å²) in [6.07, 6.45) is 3.28. The second-order valence-corrected chi connectivity index (χ2v) is 2.01. The normalized spacial score (nSPS) is 9.87. The molecule has 1 radical (unpaired) electrons. The third-order valence-electron chi connectivity index (χ3n) is 0.984. The van der Waals surface area contributed by atoms with E-state index in [1.165, 1.54) is 0 Å². The van der Waals surface area contributed by atoms with Crippen LogP contribution < -0.4 is 21.1 Å². The summed E-state index contributed by atoms with van der Waals surface area (Å²) in [5, 5.41) is 24.8. The van der Waals surface area contributed by atoms with Gasteiger partial charge in [-0.05, 0) is 0 Å². The van der Waals surface area contributed by atoms with Gasteiger partial charge in [0.25, 0.3) is 0 Å². The van der Waals surface area contributed by atoms with Crippen molar-refractivity contribution in [2.24, 2.45) is 0 Å². The fourth-order valence-corrected chi connectivity index (χ4v) is 0.476. The zero-order valence-electron chi connectivity index (χ0n) is 7.60. The van der Waals surface area contributed by atoms with E-state index in [9.17, 15) is 9.59 Å². The number of nitrogens with one attached hydrogen (secondary N) is 4. The molecule has 0 aromatic heterocycles. The largest absolute Gasteiger partial charge is 0.514 e. The van der Waals surface area contributed by atoms with Gasteiger partial charge in [0.2, 0.25) is 0 Å². The number of hydrogen-bond acceptors (Lipinski definition) is 4. The zero-order chi connectivity index (χ0) is 11.5. The molecule has 81 valence electrons. The average Bonchev–Trinajstić information content (AvgIpc) is 2.23. The number of hydrogen-bond donors (Lipinski definition) is 6. The molecule has 0 heterocycles. The first-order chi connectivity index (χ1) is 7.20. The second kappa shape index (κ2) is 8.29. The van der Waals surface area contributed by atoms with E-state index in [4.69, 9.17) is 10.2 Å². The number of carbonyl (C=O) groups excluding carboxylic acids is 2. The van der Waals surface area contributed by atoms with E-state index >= 15 is 0 Å². The van der Waals surface area contributed by atoms with Gasteiger partial charge in [-0.25, -0.2) is 9.59 Å². The lowest BCUT2D eigenvalue weighted by atomic mass is 10.2. The van der Waals surface area contributed by atoms with Crippen molar-refractivity contribution >= 4 is 19.6 Å². The number of rotatable bonds is 4. The van der Waals surface area contributed by atoms with Crippen molar-refractivity contribution < 1.29 is 19.8 Å². The third kappa shape index (κ3) is 8.03. The molecule has 0 aliphatic heterocycles.